The van der Waals surface area contributed by atoms with Gasteiger partial charge in [0.25, 0.3) is 0 Å². The number of pyridine rings is 1. The first-order valence-corrected chi connectivity index (χ1v) is 10.2. The number of amidine groups is 1. The summed E-state index contributed by atoms with van der Waals surface area (Å²) in [4.78, 5) is 8.44. The van der Waals surface area contributed by atoms with Crippen LogP contribution in [0.25, 0.3) is 0 Å². The van der Waals surface area contributed by atoms with Crippen LogP contribution in [0.3, 0.4) is 0 Å². The van der Waals surface area contributed by atoms with Gasteiger partial charge < -0.3 is 10.5 Å². The van der Waals surface area contributed by atoms with Gasteiger partial charge in [0, 0.05) is 17.8 Å². The van der Waals surface area contributed by atoms with Crippen LogP contribution in [-0.2, 0) is 5.54 Å². The first-order valence-electron chi connectivity index (χ1n) is 8.44. The molecule has 148 valence electrons. The second-order valence-electron chi connectivity index (χ2n) is 7.33. The van der Waals surface area contributed by atoms with Gasteiger partial charge in [0.15, 0.2) is 0 Å². The fourth-order valence-electron chi connectivity index (χ4n) is 2.95. The first-order chi connectivity index (χ1) is 13.0. The molecule has 0 aliphatic carbocycles. The minimum atomic E-state index is -3.18. The molecule has 2 aromatic rings. The van der Waals surface area contributed by atoms with E-state index in [0.717, 1.165) is 0 Å². The Morgan fingerprint density at radius 3 is 2.61 bits per heavy atom. The Morgan fingerprint density at radius 1 is 1.25 bits per heavy atom. The van der Waals surface area contributed by atoms with Crippen molar-refractivity contribution in [3.8, 4) is 17.7 Å². The first kappa shape index (κ1) is 20.1. The lowest BCUT2D eigenvalue weighted by Crippen LogP contribution is -2.52. The number of ether oxygens (including phenoxy) is 1. The zero-order chi connectivity index (χ0) is 20.7. The lowest BCUT2D eigenvalue weighted by atomic mass is 9.93. The second-order valence-corrected chi connectivity index (χ2v) is 9.97. The predicted molar refractivity (Wildman–Crippen MR) is 106 cm³/mol. The van der Waals surface area contributed by atoms with E-state index in [0.29, 0.717) is 5.56 Å². The van der Waals surface area contributed by atoms with Crippen molar-refractivity contribution in [2.75, 3.05) is 5.75 Å². The van der Waals surface area contributed by atoms with Crippen LogP contribution >= 0.6 is 10.6 Å². The van der Waals surface area contributed by atoms with Crippen LogP contribution in [0.15, 0.2) is 41.5 Å². The third-order valence-electron chi connectivity index (χ3n) is 4.89. The highest BCUT2D eigenvalue weighted by Gasteiger charge is 2.49. The van der Waals surface area contributed by atoms with Gasteiger partial charge in [-0.25, -0.2) is 9.37 Å². The van der Waals surface area contributed by atoms with Gasteiger partial charge in [-0.15, -0.1) is 0 Å². The van der Waals surface area contributed by atoms with Crippen molar-refractivity contribution in [1.29, 1.82) is 5.26 Å². The molecule has 7 nitrogen and oxygen atoms in total. The highest BCUT2D eigenvalue weighted by molar-refractivity contribution is 8.26. The molecule has 28 heavy (non-hydrogen) atoms. The largest absolute Gasteiger partial charge is 0.439 e. The summed E-state index contributed by atoms with van der Waals surface area (Å²) in [6.07, 6.45) is 1.43. The molecular weight excluding hydrogens is 383 g/mol. The number of nitrogens with zero attached hydrogens (tertiary/aromatic N) is 3. The highest BCUT2D eigenvalue weighted by Crippen LogP contribution is 2.59. The predicted octanol–water partition coefficient (Wildman–Crippen LogP) is 4.00. The summed E-state index contributed by atoms with van der Waals surface area (Å²) in [5.74, 6) is -0.236. The molecule has 0 amide bonds. The van der Waals surface area contributed by atoms with Crippen molar-refractivity contribution >= 4 is 16.4 Å². The maximum atomic E-state index is 14.7. The number of nitrogens with two attached hydrogens (primary N) is 1. The van der Waals surface area contributed by atoms with E-state index in [1.54, 1.807) is 20.8 Å². The molecule has 9 heteroatoms. The molecule has 1 aliphatic rings. The maximum Gasteiger partial charge on any atom is 0.220 e. The Kier molecular flexibility index (Phi) is 4.83. The minimum absolute atomic E-state index is 0.0513. The molecule has 0 spiro atoms. The number of halogens is 1. The molecule has 0 fully saturated rings. The third-order valence-corrected chi connectivity index (χ3v) is 7.70. The van der Waals surface area contributed by atoms with Gasteiger partial charge in [-0.3, -0.25) is 14.1 Å². The Bertz CT molecular complexity index is 1000. The number of aromatic nitrogens is 1. The van der Waals surface area contributed by atoms with Crippen molar-refractivity contribution in [2.24, 2.45) is 10.7 Å². The Balaban J connectivity index is 2.02. The minimum Gasteiger partial charge on any atom is -0.439 e. The van der Waals surface area contributed by atoms with Crippen LogP contribution in [0.4, 0.5) is 4.39 Å². The Morgan fingerprint density at radius 2 is 1.96 bits per heavy atom. The molecule has 1 aliphatic heterocycles. The summed E-state index contributed by atoms with van der Waals surface area (Å²) in [6.45, 7) is 4.80. The summed E-state index contributed by atoms with van der Waals surface area (Å²) in [5, 5.41) is 8.97. The van der Waals surface area contributed by atoms with E-state index in [1.807, 2.05) is 6.07 Å². The van der Waals surface area contributed by atoms with E-state index >= 15 is 0 Å². The van der Waals surface area contributed by atoms with Gasteiger partial charge in [-0.2, -0.15) is 15.9 Å². The fourth-order valence-corrected chi connectivity index (χ4v) is 4.69. The Hall–Kier alpha value is -2.67. The molecule has 4 N–H and O–H groups in total. The van der Waals surface area contributed by atoms with Crippen molar-refractivity contribution in [3.63, 3.8) is 0 Å². The molecule has 0 radical (unpaired) electrons. The van der Waals surface area contributed by atoms with Gasteiger partial charge in [0.2, 0.25) is 5.88 Å². The normalized spacial score (nSPS) is 24.0. The summed E-state index contributed by atoms with van der Waals surface area (Å²) < 4.78 is 40.4. The van der Waals surface area contributed by atoms with Gasteiger partial charge in [0.1, 0.15) is 27.7 Å². The Labute approximate surface area is 164 Å². The van der Waals surface area contributed by atoms with Crippen LogP contribution in [-0.4, -0.2) is 30.4 Å². The zero-order valence-electron chi connectivity index (χ0n) is 15.7. The molecule has 0 unspecified atom stereocenters. The summed E-state index contributed by atoms with van der Waals surface area (Å²) in [6, 6.07) is 9.04. The fraction of sp³-hybridized carbons (Fsp3) is 0.316. The average Bonchev–Trinajstić information content (AvgIpc) is 2.61. The van der Waals surface area contributed by atoms with Crippen LogP contribution in [0.2, 0.25) is 0 Å². The standard InChI is InChI=1S/C19H21FN4O3S/c1-18(2)17(22)24-19(3,11-28(18,25)26)14-9-13(4-5-15(14)20)27-16-8-12(10-21)6-7-23-16/h4-9,25-26H,11H2,1-3H3,(H2,22,24)/t19-/m0/s1. The molecule has 0 saturated carbocycles. The van der Waals surface area contributed by atoms with E-state index in [9.17, 15) is 13.5 Å². The van der Waals surface area contributed by atoms with Crippen LogP contribution in [0.5, 0.6) is 11.6 Å². The highest BCUT2D eigenvalue weighted by atomic mass is 32.3. The summed E-state index contributed by atoms with van der Waals surface area (Å²) in [5.41, 5.74) is 5.23. The van der Waals surface area contributed by atoms with Crippen molar-refractivity contribution in [1.82, 2.24) is 4.98 Å². The van der Waals surface area contributed by atoms with E-state index in [2.05, 4.69) is 9.98 Å². The number of hydrogen-bond donors (Lipinski definition) is 3. The monoisotopic (exact) mass is 404 g/mol. The molecule has 1 atom stereocenters. The lowest BCUT2D eigenvalue weighted by molar-refractivity contribution is 0.412. The molecular formula is C19H21FN4O3S. The van der Waals surface area contributed by atoms with Gasteiger partial charge in [-0.05, 0) is 45.0 Å². The van der Waals surface area contributed by atoms with E-state index in [4.69, 9.17) is 15.7 Å². The van der Waals surface area contributed by atoms with Crippen LogP contribution in [0.1, 0.15) is 31.9 Å². The number of rotatable bonds is 3. The van der Waals surface area contributed by atoms with Crippen LogP contribution < -0.4 is 10.5 Å². The molecule has 1 aromatic carbocycles. The second kappa shape index (κ2) is 6.74. The summed E-state index contributed by atoms with van der Waals surface area (Å²) in [7, 11) is -3.18. The zero-order valence-corrected chi connectivity index (χ0v) is 16.5. The van der Waals surface area contributed by atoms with Crippen molar-refractivity contribution in [2.45, 2.75) is 31.1 Å². The van der Waals surface area contributed by atoms with E-state index < -0.39 is 26.7 Å². The number of aliphatic imine (C=N–C) groups is 1. The maximum absolute atomic E-state index is 14.7. The molecule has 3 rings (SSSR count). The quantitative estimate of drug-likeness (QED) is 0.710. The molecule has 0 bridgehead atoms. The average molecular weight is 404 g/mol. The number of nitriles is 1. The van der Waals surface area contributed by atoms with Crippen molar-refractivity contribution in [3.05, 3.63) is 53.5 Å². The lowest BCUT2D eigenvalue weighted by Gasteiger charge is -2.53. The number of benzene rings is 1. The van der Waals surface area contributed by atoms with Crippen LogP contribution in [0, 0.1) is 17.1 Å². The SMILES string of the molecule is CC1(C)C(N)=N[C@](C)(c2cc(Oc3cc(C#N)ccn3)ccc2F)CS1(O)O. The third kappa shape index (κ3) is 3.42. The van der Waals surface area contributed by atoms with E-state index in [-0.39, 0.29) is 28.8 Å². The molecule has 0 saturated heterocycles. The van der Waals surface area contributed by atoms with E-state index in [1.165, 1.54) is 36.5 Å². The van der Waals surface area contributed by atoms with Crippen molar-refractivity contribution < 1.29 is 18.2 Å². The van der Waals surface area contributed by atoms with Gasteiger partial charge in [-0.1, -0.05) is 0 Å². The molecule has 1 aromatic heterocycles. The summed E-state index contributed by atoms with van der Waals surface area (Å²) >= 11 is 0. The smallest absolute Gasteiger partial charge is 0.220 e. The topological polar surface area (TPSA) is 125 Å². The number of hydrogen-bond acceptors (Lipinski definition) is 7. The van der Waals surface area contributed by atoms with Gasteiger partial charge in [0.05, 0.1) is 17.4 Å². The molecule has 2 heterocycles. The van der Waals surface area contributed by atoms with Gasteiger partial charge >= 0.3 is 0 Å².